The van der Waals surface area contributed by atoms with Crippen LogP contribution in [0.25, 0.3) is 11.4 Å². The second-order valence-electron chi connectivity index (χ2n) is 9.15. The van der Waals surface area contributed by atoms with E-state index in [1.54, 1.807) is 13.4 Å². The second-order valence-corrected chi connectivity index (χ2v) is 9.15. The first-order chi connectivity index (χ1) is 19.1. The van der Waals surface area contributed by atoms with Crippen LogP contribution in [0.1, 0.15) is 48.8 Å². The van der Waals surface area contributed by atoms with Gasteiger partial charge in [-0.25, -0.2) is 4.79 Å². The predicted molar refractivity (Wildman–Crippen MR) is 149 cm³/mol. The first-order valence-electron chi connectivity index (χ1n) is 13.0. The Balaban J connectivity index is 1.31. The normalized spacial score (nSPS) is 14.5. The maximum absolute atomic E-state index is 11.3. The van der Waals surface area contributed by atoms with Gasteiger partial charge in [0.2, 0.25) is 0 Å². The topological polar surface area (TPSA) is 98.3 Å². The number of benzene rings is 3. The fourth-order valence-corrected chi connectivity index (χ4v) is 4.19. The van der Waals surface area contributed by atoms with Crippen molar-refractivity contribution in [2.45, 2.75) is 44.8 Å². The zero-order valence-corrected chi connectivity index (χ0v) is 22.0. The lowest BCUT2D eigenvalue weighted by Crippen LogP contribution is -2.25. The number of carbonyl (C=O) groups is 1. The van der Waals surface area contributed by atoms with Crippen LogP contribution in [-0.2, 0) is 21.1 Å². The molecule has 0 radical (unpaired) electrons. The molecule has 39 heavy (non-hydrogen) atoms. The van der Waals surface area contributed by atoms with E-state index in [0.717, 1.165) is 42.9 Å². The first kappa shape index (κ1) is 27.8. The number of hydrogen-bond donors (Lipinski definition) is 3. The van der Waals surface area contributed by atoms with E-state index in [2.05, 4.69) is 11.0 Å². The molecule has 3 aromatic rings. The minimum Gasteiger partial charge on any atom is -0.489 e. The van der Waals surface area contributed by atoms with Gasteiger partial charge >= 0.3 is 5.97 Å². The monoisotopic (exact) mass is 530 g/mol. The lowest BCUT2D eigenvalue weighted by Gasteiger charge is -2.23. The summed E-state index contributed by atoms with van der Waals surface area (Å²) >= 11 is 0. The number of hydroxylamine groups is 2. The van der Waals surface area contributed by atoms with E-state index in [1.807, 2.05) is 78.9 Å². The van der Waals surface area contributed by atoms with Crippen molar-refractivity contribution in [3.63, 3.8) is 0 Å². The van der Waals surface area contributed by atoms with Crippen LogP contribution in [0.2, 0.25) is 0 Å². The number of nitrogens with one attached hydrogen (secondary N) is 2. The third-order valence-corrected chi connectivity index (χ3v) is 6.26. The van der Waals surface area contributed by atoms with Crippen molar-refractivity contribution in [2.75, 3.05) is 7.11 Å². The van der Waals surface area contributed by atoms with Crippen molar-refractivity contribution in [3.8, 4) is 11.5 Å². The highest BCUT2D eigenvalue weighted by Crippen LogP contribution is 2.23. The molecule has 4 rings (SSSR count). The molecule has 0 saturated heterocycles. The van der Waals surface area contributed by atoms with Crippen LogP contribution in [0, 0.1) is 0 Å². The molecule has 0 aliphatic heterocycles. The summed E-state index contributed by atoms with van der Waals surface area (Å²) in [5.41, 5.74) is 9.42. The van der Waals surface area contributed by atoms with Crippen LogP contribution in [0.5, 0.6) is 11.5 Å². The average molecular weight is 531 g/mol. The van der Waals surface area contributed by atoms with E-state index in [1.165, 1.54) is 6.42 Å². The fourth-order valence-electron chi connectivity index (χ4n) is 4.19. The summed E-state index contributed by atoms with van der Waals surface area (Å²) < 4.78 is 11.7. The highest BCUT2D eigenvalue weighted by molar-refractivity contribution is 5.89. The Labute approximate surface area is 228 Å². The van der Waals surface area contributed by atoms with Gasteiger partial charge in [-0.2, -0.15) is 0 Å². The lowest BCUT2D eigenvalue weighted by atomic mass is 9.98. The van der Waals surface area contributed by atoms with Crippen molar-refractivity contribution in [3.05, 3.63) is 108 Å². The molecule has 1 fully saturated rings. The maximum atomic E-state index is 11.3. The van der Waals surface area contributed by atoms with Crippen molar-refractivity contribution in [2.24, 2.45) is 0 Å². The molecule has 204 valence electrons. The summed E-state index contributed by atoms with van der Waals surface area (Å²) in [5.74, 6) is 0.303. The summed E-state index contributed by atoms with van der Waals surface area (Å²) in [6.45, 7) is 0.372. The van der Waals surface area contributed by atoms with Gasteiger partial charge in [0.15, 0.2) is 0 Å². The molecule has 0 bridgehead atoms. The lowest BCUT2D eigenvalue weighted by molar-refractivity contribution is -0.131. The Morgan fingerprint density at radius 3 is 2.18 bits per heavy atom. The van der Waals surface area contributed by atoms with Gasteiger partial charge in [-0.05, 0) is 54.8 Å². The van der Waals surface area contributed by atoms with Crippen molar-refractivity contribution >= 4 is 17.4 Å². The van der Waals surface area contributed by atoms with Crippen LogP contribution < -0.4 is 20.4 Å². The molecule has 0 aromatic heterocycles. The van der Waals surface area contributed by atoms with E-state index in [9.17, 15) is 9.90 Å². The number of carboxylic acids is 1. The zero-order chi connectivity index (χ0) is 27.3. The van der Waals surface area contributed by atoms with E-state index in [0.29, 0.717) is 35.1 Å². The maximum Gasteiger partial charge on any atom is 0.330 e. The third-order valence-electron chi connectivity index (χ3n) is 6.26. The number of aliphatic carboxylic acids is 1. The van der Waals surface area contributed by atoms with Crippen LogP contribution in [-0.4, -0.2) is 24.3 Å². The molecular formula is C31H34N2O6. The molecule has 1 aliphatic rings. The Bertz CT molecular complexity index is 1230. The minimum atomic E-state index is -1.04. The molecule has 8 nitrogen and oxygen atoms in total. The van der Waals surface area contributed by atoms with Crippen LogP contribution in [0.15, 0.2) is 91.2 Å². The molecule has 3 N–H and O–H groups in total. The largest absolute Gasteiger partial charge is 0.489 e. The van der Waals surface area contributed by atoms with E-state index in [4.69, 9.17) is 19.1 Å². The molecule has 1 aliphatic carbocycles. The highest BCUT2D eigenvalue weighted by atomic mass is 16.7. The second kappa shape index (κ2) is 14.6. The molecular weight excluding hydrogens is 496 g/mol. The first-order valence-corrected chi connectivity index (χ1v) is 13.0. The summed E-state index contributed by atoms with van der Waals surface area (Å²) in [6, 6.07) is 24.6. The van der Waals surface area contributed by atoms with Gasteiger partial charge in [0, 0.05) is 17.2 Å². The van der Waals surface area contributed by atoms with Gasteiger partial charge in [0.1, 0.15) is 30.1 Å². The highest BCUT2D eigenvalue weighted by Gasteiger charge is 2.15. The predicted octanol–water partition coefficient (Wildman–Crippen LogP) is 6.07. The Morgan fingerprint density at radius 1 is 0.846 bits per heavy atom. The van der Waals surface area contributed by atoms with Gasteiger partial charge in [-0.3, -0.25) is 20.6 Å². The quantitative estimate of drug-likeness (QED) is 0.139. The van der Waals surface area contributed by atoms with Gasteiger partial charge < -0.3 is 14.6 Å². The van der Waals surface area contributed by atoms with Gasteiger partial charge in [0.25, 0.3) is 0 Å². The van der Waals surface area contributed by atoms with Gasteiger partial charge in [-0.1, -0.05) is 61.7 Å². The SMILES string of the molecule is CONC(=COc1ccc(COc2ccc(C(=CC(=O)O)NOC3CCCCC3)cc2)cc1)c1ccccc1. The average Bonchev–Trinajstić information content (AvgIpc) is 2.98. The Morgan fingerprint density at radius 2 is 1.51 bits per heavy atom. The van der Waals surface area contributed by atoms with Crippen LogP contribution in [0.3, 0.4) is 0 Å². The molecule has 8 heteroatoms. The smallest absolute Gasteiger partial charge is 0.330 e. The van der Waals surface area contributed by atoms with Crippen LogP contribution >= 0.6 is 0 Å². The molecule has 0 unspecified atom stereocenters. The fraction of sp³-hybridized carbons (Fsp3) is 0.258. The van der Waals surface area contributed by atoms with E-state index in [-0.39, 0.29) is 6.10 Å². The molecule has 0 atom stereocenters. The zero-order valence-electron chi connectivity index (χ0n) is 22.0. The van der Waals surface area contributed by atoms with Crippen molar-refractivity contribution < 1.29 is 29.0 Å². The number of ether oxygens (including phenoxy) is 2. The standard InChI is InChI=1S/C31H34N2O6/c1-36-32-30(24-8-4-2-5-9-24)22-38-26-16-12-23(13-17-26)21-37-27-18-14-25(15-19-27)29(20-31(34)35)33-39-28-10-6-3-7-11-28/h2,4-5,8-9,12-20,22,28,32-33H,3,6-7,10-11,21H2,1H3,(H,34,35). The summed E-state index contributed by atoms with van der Waals surface area (Å²) in [7, 11) is 1.55. The third kappa shape index (κ3) is 8.91. The summed E-state index contributed by atoms with van der Waals surface area (Å²) in [5, 5.41) is 9.29. The minimum absolute atomic E-state index is 0.0966. The van der Waals surface area contributed by atoms with Gasteiger partial charge in [-0.15, -0.1) is 0 Å². The molecule has 0 amide bonds. The van der Waals surface area contributed by atoms with Crippen LogP contribution in [0.4, 0.5) is 0 Å². The van der Waals surface area contributed by atoms with Crippen molar-refractivity contribution in [1.82, 2.24) is 11.0 Å². The summed E-state index contributed by atoms with van der Waals surface area (Å²) in [6.07, 6.45) is 8.25. The Hall–Kier alpha value is -4.27. The Kier molecular flexibility index (Phi) is 10.4. The van der Waals surface area contributed by atoms with Gasteiger partial charge in [0.05, 0.1) is 18.9 Å². The molecule has 0 spiro atoms. The number of rotatable bonds is 13. The molecule has 1 saturated carbocycles. The van der Waals surface area contributed by atoms with Crippen molar-refractivity contribution in [1.29, 1.82) is 0 Å². The molecule has 0 heterocycles. The number of carboxylic acid groups (broad SMARTS) is 1. The molecule has 3 aromatic carbocycles. The summed E-state index contributed by atoms with van der Waals surface area (Å²) in [4.78, 5) is 22.2. The number of hydrogen-bond acceptors (Lipinski definition) is 7. The van der Waals surface area contributed by atoms with E-state index < -0.39 is 5.97 Å². The van der Waals surface area contributed by atoms with E-state index >= 15 is 0 Å².